The van der Waals surface area contributed by atoms with E-state index in [1.165, 1.54) is 24.8 Å². The molecule has 0 aliphatic rings. The van der Waals surface area contributed by atoms with Crippen LogP contribution in [0.3, 0.4) is 0 Å². The fourth-order valence-corrected chi connectivity index (χ4v) is 2.02. The predicted molar refractivity (Wildman–Crippen MR) is 74.6 cm³/mol. The second-order valence-electron chi connectivity index (χ2n) is 3.95. The van der Waals surface area contributed by atoms with Crippen molar-refractivity contribution in [1.29, 1.82) is 0 Å². The number of carbonyl (C=O) groups is 1. The number of allylic oxidation sites excluding steroid dienone is 1. The molecule has 0 radical (unpaired) electrons. The molecule has 0 heterocycles. The number of halogens is 1. The first-order chi connectivity index (χ1) is 8.91. The molecule has 102 valence electrons. The van der Waals surface area contributed by atoms with Gasteiger partial charge in [-0.3, -0.25) is 14.9 Å². The smallest absolute Gasteiger partial charge is 0.288 e. The topological polar surface area (TPSA) is 60.2 Å². The molecule has 0 spiro atoms. The molecule has 1 aromatic rings. The SMILES string of the molecule is CC(=O)SCCC=Cc1cc(F)c([N+](=O)[O-])cc1C. The first-order valence-corrected chi connectivity index (χ1v) is 6.65. The Morgan fingerprint density at radius 1 is 1.53 bits per heavy atom. The maximum Gasteiger partial charge on any atom is 0.305 e. The van der Waals surface area contributed by atoms with Gasteiger partial charge in [0.2, 0.25) is 5.82 Å². The van der Waals surface area contributed by atoms with Crippen molar-refractivity contribution in [2.45, 2.75) is 20.3 Å². The van der Waals surface area contributed by atoms with Gasteiger partial charge in [-0.1, -0.05) is 23.9 Å². The summed E-state index contributed by atoms with van der Waals surface area (Å²) in [7, 11) is 0. The molecule has 0 aliphatic heterocycles. The molecule has 0 bridgehead atoms. The molecule has 0 saturated heterocycles. The lowest BCUT2D eigenvalue weighted by atomic mass is 10.1. The van der Waals surface area contributed by atoms with Crippen molar-refractivity contribution < 1.29 is 14.1 Å². The normalized spacial score (nSPS) is 10.9. The van der Waals surface area contributed by atoms with E-state index in [0.29, 0.717) is 23.3 Å². The van der Waals surface area contributed by atoms with Crippen LogP contribution in [0.5, 0.6) is 0 Å². The number of rotatable bonds is 5. The van der Waals surface area contributed by atoms with Gasteiger partial charge in [0.15, 0.2) is 5.12 Å². The average molecular weight is 283 g/mol. The molecule has 0 saturated carbocycles. The Balaban J connectivity index is 2.74. The van der Waals surface area contributed by atoms with E-state index in [-0.39, 0.29) is 5.12 Å². The number of aryl methyl sites for hydroxylation is 1. The molecule has 0 atom stereocenters. The summed E-state index contributed by atoms with van der Waals surface area (Å²) in [5.41, 5.74) is 0.737. The van der Waals surface area contributed by atoms with Crippen LogP contribution < -0.4 is 0 Å². The second kappa shape index (κ2) is 7.04. The van der Waals surface area contributed by atoms with Crippen LogP contribution >= 0.6 is 11.8 Å². The molecule has 0 fully saturated rings. The molecular formula is C13H14FNO3S. The summed E-state index contributed by atoms with van der Waals surface area (Å²) in [4.78, 5) is 20.5. The zero-order valence-corrected chi connectivity index (χ0v) is 11.5. The Labute approximate surface area is 114 Å². The van der Waals surface area contributed by atoms with Gasteiger partial charge in [-0.05, 0) is 30.5 Å². The summed E-state index contributed by atoms with van der Waals surface area (Å²) in [6.45, 7) is 3.20. The number of nitrogens with zero attached hydrogens (tertiary/aromatic N) is 1. The lowest BCUT2D eigenvalue weighted by Crippen LogP contribution is -1.95. The van der Waals surface area contributed by atoms with Crippen molar-refractivity contribution in [2.75, 3.05) is 5.75 Å². The minimum Gasteiger partial charge on any atom is -0.288 e. The van der Waals surface area contributed by atoms with Gasteiger partial charge in [-0.25, -0.2) is 0 Å². The summed E-state index contributed by atoms with van der Waals surface area (Å²) in [5.74, 6) is -0.172. The number of benzene rings is 1. The van der Waals surface area contributed by atoms with E-state index in [9.17, 15) is 19.3 Å². The summed E-state index contributed by atoms with van der Waals surface area (Å²) >= 11 is 1.23. The van der Waals surface area contributed by atoms with E-state index in [1.807, 2.05) is 6.08 Å². The Hall–Kier alpha value is -1.69. The van der Waals surface area contributed by atoms with Crippen LogP contribution in [0.25, 0.3) is 6.08 Å². The number of hydrogen-bond donors (Lipinski definition) is 0. The lowest BCUT2D eigenvalue weighted by molar-refractivity contribution is -0.387. The molecule has 19 heavy (non-hydrogen) atoms. The standard InChI is InChI=1S/C13H14FNO3S/c1-9-7-13(15(17)18)12(14)8-11(9)5-3-4-6-19-10(2)16/h3,5,7-8H,4,6H2,1-2H3. The van der Waals surface area contributed by atoms with Crippen LogP contribution in [0.2, 0.25) is 0 Å². The van der Waals surface area contributed by atoms with Gasteiger partial charge in [0.1, 0.15) is 0 Å². The van der Waals surface area contributed by atoms with Gasteiger partial charge in [0.25, 0.3) is 0 Å². The van der Waals surface area contributed by atoms with Crippen LogP contribution in [0.1, 0.15) is 24.5 Å². The summed E-state index contributed by atoms with van der Waals surface area (Å²) < 4.78 is 13.4. The van der Waals surface area contributed by atoms with Crippen LogP contribution in [0.15, 0.2) is 18.2 Å². The second-order valence-corrected chi connectivity index (χ2v) is 5.22. The van der Waals surface area contributed by atoms with E-state index in [4.69, 9.17) is 0 Å². The van der Waals surface area contributed by atoms with Gasteiger partial charge in [-0.2, -0.15) is 4.39 Å². The summed E-state index contributed by atoms with van der Waals surface area (Å²) in [6.07, 6.45) is 4.22. The highest BCUT2D eigenvalue weighted by molar-refractivity contribution is 8.13. The molecule has 0 N–H and O–H groups in total. The first kappa shape index (κ1) is 15.4. The highest BCUT2D eigenvalue weighted by Gasteiger charge is 2.15. The van der Waals surface area contributed by atoms with E-state index in [2.05, 4.69) is 0 Å². The van der Waals surface area contributed by atoms with Crippen LogP contribution in [-0.4, -0.2) is 15.8 Å². The lowest BCUT2D eigenvalue weighted by Gasteiger charge is -2.01. The molecule has 0 aromatic heterocycles. The molecule has 0 aliphatic carbocycles. The molecular weight excluding hydrogens is 269 g/mol. The monoisotopic (exact) mass is 283 g/mol. The van der Waals surface area contributed by atoms with E-state index < -0.39 is 16.4 Å². The third-order valence-corrected chi connectivity index (χ3v) is 3.27. The molecule has 0 amide bonds. The Morgan fingerprint density at radius 2 is 2.21 bits per heavy atom. The Kier molecular flexibility index (Phi) is 5.69. The van der Waals surface area contributed by atoms with E-state index in [1.54, 1.807) is 13.0 Å². The predicted octanol–water partition coefficient (Wildman–Crippen LogP) is 3.73. The average Bonchev–Trinajstić information content (AvgIpc) is 2.31. The van der Waals surface area contributed by atoms with Crippen molar-refractivity contribution in [3.63, 3.8) is 0 Å². The van der Waals surface area contributed by atoms with Crippen molar-refractivity contribution >= 4 is 28.6 Å². The number of thioether (sulfide) groups is 1. The third-order valence-electron chi connectivity index (χ3n) is 2.42. The zero-order valence-electron chi connectivity index (χ0n) is 10.7. The minimum atomic E-state index is -0.839. The van der Waals surface area contributed by atoms with Crippen LogP contribution in [0, 0.1) is 22.9 Å². The fraction of sp³-hybridized carbons (Fsp3) is 0.308. The van der Waals surface area contributed by atoms with Crippen molar-refractivity contribution in [1.82, 2.24) is 0 Å². The third kappa shape index (κ3) is 4.82. The molecule has 6 heteroatoms. The summed E-state index contributed by atoms with van der Waals surface area (Å²) in [5, 5.41) is 10.6. The minimum absolute atomic E-state index is 0.0611. The molecule has 1 aromatic carbocycles. The zero-order chi connectivity index (χ0) is 14.4. The first-order valence-electron chi connectivity index (χ1n) is 5.66. The molecule has 4 nitrogen and oxygen atoms in total. The van der Waals surface area contributed by atoms with E-state index in [0.717, 1.165) is 6.07 Å². The highest BCUT2D eigenvalue weighted by Crippen LogP contribution is 2.22. The van der Waals surface area contributed by atoms with Crippen molar-refractivity contribution in [3.05, 3.63) is 45.3 Å². The van der Waals surface area contributed by atoms with Gasteiger partial charge >= 0.3 is 5.69 Å². The maximum atomic E-state index is 13.4. The van der Waals surface area contributed by atoms with Gasteiger partial charge < -0.3 is 0 Å². The molecule has 1 rings (SSSR count). The number of nitro benzene ring substituents is 1. The fourth-order valence-electron chi connectivity index (χ4n) is 1.48. The number of nitro groups is 1. The number of hydrogen-bond acceptors (Lipinski definition) is 4. The molecule has 0 unspecified atom stereocenters. The summed E-state index contributed by atoms with van der Waals surface area (Å²) in [6, 6.07) is 2.38. The van der Waals surface area contributed by atoms with Crippen molar-refractivity contribution in [2.24, 2.45) is 0 Å². The Morgan fingerprint density at radius 3 is 2.79 bits per heavy atom. The highest BCUT2D eigenvalue weighted by atomic mass is 32.2. The number of carbonyl (C=O) groups excluding carboxylic acids is 1. The van der Waals surface area contributed by atoms with Crippen molar-refractivity contribution in [3.8, 4) is 0 Å². The van der Waals surface area contributed by atoms with E-state index >= 15 is 0 Å². The van der Waals surface area contributed by atoms with Crippen LogP contribution in [0.4, 0.5) is 10.1 Å². The Bertz CT molecular complexity index is 529. The van der Waals surface area contributed by atoms with Gasteiger partial charge in [-0.15, -0.1) is 0 Å². The maximum absolute atomic E-state index is 13.4. The van der Waals surface area contributed by atoms with Gasteiger partial charge in [0, 0.05) is 18.7 Å². The largest absolute Gasteiger partial charge is 0.305 e. The quantitative estimate of drug-likeness (QED) is 0.469. The van der Waals surface area contributed by atoms with Gasteiger partial charge in [0.05, 0.1) is 4.92 Å². The van der Waals surface area contributed by atoms with Crippen LogP contribution in [-0.2, 0) is 4.79 Å².